The third kappa shape index (κ3) is 5.59. The van der Waals surface area contributed by atoms with E-state index in [1.807, 2.05) is 61.5 Å². The molecule has 7 heteroatoms. The molecule has 0 radical (unpaired) electrons. The minimum atomic E-state index is -0.873. The normalized spacial score (nSPS) is 16.0. The number of Topliss-reactive ketones (excluding diaryl/α,β-unsaturated/α-hetero) is 1. The fourth-order valence-corrected chi connectivity index (χ4v) is 5.13. The van der Waals surface area contributed by atoms with Crippen molar-refractivity contribution in [2.45, 2.75) is 32.9 Å². The Bertz CT molecular complexity index is 1620. The van der Waals surface area contributed by atoms with Crippen molar-refractivity contribution in [2.24, 2.45) is 0 Å². The Labute approximate surface area is 245 Å². The van der Waals surface area contributed by atoms with Crippen LogP contribution in [0.2, 0.25) is 0 Å². The van der Waals surface area contributed by atoms with E-state index in [1.165, 1.54) is 19.1 Å². The van der Waals surface area contributed by atoms with E-state index < -0.39 is 17.7 Å². The molecular weight excluding hydrogens is 530 g/mol. The van der Waals surface area contributed by atoms with Crippen LogP contribution in [0, 0.1) is 6.92 Å². The quantitative estimate of drug-likeness (QED) is 0.137. The van der Waals surface area contributed by atoms with Gasteiger partial charge in [-0.1, -0.05) is 61.5 Å². The van der Waals surface area contributed by atoms with E-state index >= 15 is 0 Å². The van der Waals surface area contributed by atoms with Crippen molar-refractivity contribution < 1.29 is 28.9 Å². The van der Waals surface area contributed by atoms with E-state index in [1.54, 1.807) is 36.4 Å². The molecule has 1 saturated heterocycles. The van der Waals surface area contributed by atoms with Crippen LogP contribution in [-0.4, -0.2) is 31.0 Å². The van der Waals surface area contributed by atoms with Crippen molar-refractivity contribution in [1.82, 2.24) is 0 Å². The summed E-state index contributed by atoms with van der Waals surface area (Å²) in [6.07, 6.45) is 0.839. The molecule has 0 aromatic heterocycles. The first-order valence-electron chi connectivity index (χ1n) is 13.7. The zero-order valence-electron chi connectivity index (χ0n) is 24.1. The van der Waals surface area contributed by atoms with Gasteiger partial charge < -0.3 is 19.3 Å². The number of aliphatic hydroxyl groups excluding tert-OH is 1. The number of hydrogen-bond acceptors (Lipinski definition) is 6. The second kappa shape index (κ2) is 12.2. The van der Waals surface area contributed by atoms with Crippen molar-refractivity contribution in [3.63, 3.8) is 0 Å². The Morgan fingerprint density at radius 1 is 0.833 bits per heavy atom. The molecule has 4 aromatic rings. The van der Waals surface area contributed by atoms with E-state index in [-0.39, 0.29) is 11.3 Å². The first-order valence-corrected chi connectivity index (χ1v) is 13.7. The molecule has 0 spiro atoms. The van der Waals surface area contributed by atoms with Crippen molar-refractivity contribution in [3.05, 3.63) is 124 Å². The fraction of sp³-hybridized carbons (Fsp3) is 0.200. The molecule has 1 heterocycles. The third-order valence-electron chi connectivity index (χ3n) is 7.45. The molecule has 42 heavy (non-hydrogen) atoms. The van der Waals surface area contributed by atoms with Crippen LogP contribution in [0.15, 0.2) is 96.6 Å². The Hall–Kier alpha value is -5.04. The largest absolute Gasteiger partial charge is 0.507 e. The maximum absolute atomic E-state index is 13.6. The number of ether oxygens (including phenoxy) is 3. The highest BCUT2D eigenvalue weighted by molar-refractivity contribution is 6.51. The van der Waals surface area contributed by atoms with Gasteiger partial charge in [0.05, 0.1) is 31.5 Å². The van der Waals surface area contributed by atoms with Gasteiger partial charge in [0.25, 0.3) is 11.7 Å². The summed E-state index contributed by atoms with van der Waals surface area (Å²) in [5.41, 5.74) is 4.45. The zero-order chi connectivity index (χ0) is 29.8. The average Bonchev–Trinajstić information content (AvgIpc) is 3.29. The number of aryl methyl sites for hydroxylation is 2. The van der Waals surface area contributed by atoms with Crippen LogP contribution in [0.25, 0.3) is 5.76 Å². The van der Waals surface area contributed by atoms with Gasteiger partial charge in [-0.15, -0.1) is 0 Å². The monoisotopic (exact) mass is 563 g/mol. The lowest BCUT2D eigenvalue weighted by Crippen LogP contribution is -2.29. The van der Waals surface area contributed by atoms with E-state index in [4.69, 9.17) is 14.2 Å². The smallest absolute Gasteiger partial charge is 0.300 e. The number of aliphatic hydroxyl groups is 1. The maximum atomic E-state index is 13.6. The molecule has 0 aliphatic carbocycles. The number of anilines is 1. The highest BCUT2D eigenvalue weighted by Gasteiger charge is 2.47. The minimum absolute atomic E-state index is 0.00314. The zero-order valence-corrected chi connectivity index (χ0v) is 24.1. The Morgan fingerprint density at radius 3 is 2.10 bits per heavy atom. The lowest BCUT2D eigenvalue weighted by Gasteiger charge is -2.26. The van der Waals surface area contributed by atoms with Gasteiger partial charge in [-0.2, -0.15) is 0 Å². The summed E-state index contributed by atoms with van der Waals surface area (Å²) in [5.74, 6) is -0.197. The Balaban J connectivity index is 1.59. The number of hydrogen-bond donors (Lipinski definition) is 1. The summed E-state index contributed by atoms with van der Waals surface area (Å²) in [6.45, 7) is 4.33. The van der Waals surface area contributed by atoms with Crippen molar-refractivity contribution in [2.75, 3.05) is 19.1 Å². The number of rotatable bonds is 9. The first-order chi connectivity index (χ1) is 20.3. The van der Waals surface area contributed by atoms with Crippen LogP contribution in [0.1, 0.15) is 40.8 Å². The molecule has 0 bridgehead atoms. The van der Waals surface area contributed by atoms with Gasteiger partial charge in [-0.3, -0.25) is 14.5 Å². The molecule has 1 atom stereocenters. The fourth-order valence-electron chi connectivity index (χ4n) is 5.13. The SMILES string of the molecule is CCc1ccc(C2/C(=C(\O)c3ccc(OCc4ccccc4)c(C)c3)C(=O)C(=O)N2c2cc(OC)cc(OC)c2)cc1. The topological polar surface area (TPSA) is 85.3 Å². The minimum Gasteiger partial charge on any atom is -0.507 e. The van der Waals surface area contributed by atoms with Crippen LogP contribution in [0.5, 0.6) is 17.2 Å². The predicted molar refractivity (Wildman–Crippen MR) is 162 cm³/mol. The molecule has 4 aromatic carbocycles. The second-order valence-electron chi connectivity index (χ2n) is 10.1. The van der Waals surface area contributed by atoms with Gasteiger partial charge in [0.1, 0.15) is 29.6 Å². The Morgan fingerprint density at radius 2 is 1.50 bits per heavy atom. The molecule has 1 N–H and O–H groups in total. The summed E-state index contributed by atoms with van der Waals surface area (Å²) in [4.78, 5) is 28.7. The summed E-state index contributed by atoms with van der Waals surface area (Å²) in [6, 6.07) is 26.9. The first kappa shape index (κ1) is 28.5. The summed E-state index contributed by atoms with van der Waals surface area (Å²) >= 11 is 0. The van der Waals surface area contributed by atoms with E-state index in [0.717, 1.165) is 23.1 Å². The number of benzene rings is 4. The lowest BCUT2D eigenvalue weighted by molar-refractivity contribution is -0.132. The number of nitrogens with zero attached hydrogens (tertiary/aromatic N) is 1. The number of carbonyl (C=O) groups excluding carboxylic acids is 2. The number of methoxy groups -OCH3 is 2. The van der Waals surface area contributed by atoms with Crippen molar-refractivity contribution in [3.8, 4) is 17.2 Å². The molecule has 1 amide bonds. The van der Waals surface area contributed by atoms with Crippen LogP contribution in [-0.2, 0) is 22.6 Å². The average molecular weight is 564 g/mol. The lowest BCUT2D eigenvalue weighted by atomic mass is 9.93. The van der Waals surface area contributed by atoms with Crippen molar-refractivity contribution >= 4 is 23.1 Å². The van der Waals surface area contributed by atoms with Crippen LogP contribution in [0.3, 0.4) is 0 Å². The van der Waals surface area contributed by atoms with Gasteiger partial charge in [0.2, 0.25) is 0 Å². The summed E-state index contributed by atoms with van der Waals surface area (Å²) in [7, 11) is 3.03. The van der Waals surface area contributed by atoms with E-state index in [0.29, 0.717) is 40.7 Å². The maximum Gasteiger partial charge on any atom is 0.300 e. The molecular formula is C35H33NO6. The molecule has 7 nitrogen and oxygen atoms in total. The number of amides is 1. The molecule has 1 unspecified atom stereocenters. The van der Waals surface area contributed by atoms with Crippen LogP contribution < -0.4 is 19.1 Å². The van der Waals surface area contributed by atoms with Crippen molar-refractivity contribution in [1.29, 1.82) is 0 Å². The molecule has 5 rings (SSSR count). The van der Waals surface area contributed by atoms with Crippen LogP contribution >= 0.6 is 0 Å². The molecule has 1 aliphatic rings. The van der Waals surface area contributed by atoms with Crippen LogP contribution in [0.4, 0.5) is 5.69 Å². The highest BCUT2D eigenvalue weighted by atomic mass is 16.5. The van der Waals surface area contributed by atoms with Gasteiger partial charge in [0, 0.05) is 23.8 Å². The molecule has 1 aliphatic heterocycles. The van der Waals surface area contributed by atoms with E-state index in [9.17, 15) is 14.7 Å². The van der Waals surface area contributed by atoms with Gasteiger partial charge in [-0.05, 0) is 53.8 Å². The summed E-state index contributed by atoms with van der Waals surface area (Å²) < 4.78 is 16.9. The van der Waals surface area contributed by atoms with Gasteiger partial charge in [-0.25, -0.2) is 0 Å². The number of carbonyl (C=O) groups is 2. The second-order valence-corrected chi connectivity index (χ2v) is 10.1. The van der Waals surface area contributed by atoms with Gasteiger partial charge in [0.15, 0.2) is 0 Å². The molecule has 1 fully saturated rings. The molecule has 214 valence electrons. The highest BCUT2D eigenvalue weighted by Crippen LogP contribution is 2.44. The van der Waals surface area contributed by atoms with E-state index in [2.05, 4.69) is 6.92 Å². The standard InChI is InChI=1S/C35H33NO6/c1-5-23-11-13-25(14-12-23)32-31(34(38)35(39)36(32)27-18-28(40-3)20-29(19-27)41-4)33(37)26-15-16-30(22(2)17-26)42-21-24-9-7-6-8-10-24/h6-20,32,37H,5,21H2,1-4H3/b33-31+. The molecule has 0 saturated carbocycles. The van der Waals surface area contributed by atoms with Gasteiger partial charge >= 0.3 is 0 Å². The summed E-state index contributed by atoms with van der Waals surface area (Å²) in [5, 5.41) is 11.6. The predicted octanol–water partition coefficient (Wildman–Crippen LogP) is 6.78. The number of ketones is 1. The third-order valence-corrected chi connectivity index (χ3v) is 7.45. The Kier molecular flexibility index (Phi) is 8.29.